The molecule has 0 spiro atoms. The zero-order valence-corrected chi connectivity index (χ0v) is 16.8. The molecular formula is C21H24N2O4S. The van der Waals surface area contributed by atoms with Crippen molar-refractivity contribution in [2.75, 3.05) is 18.2 Å². The van der Waals surface area contributed by atoms with E-state index in [-0.39, 0.29) is 12.1 Å². The molecule has 1 fully saturated rings. The maximum Gasteiger partial charge on any atom is 0.264 e. The normalized spacial score (nSPS) is 23.9. The second-order valence-corrected chi connectivity index (χ2v) is 9.38. The fourth-order valence-electron chi connectivity index (χ4n) is 4.19. The molecule has 28 heavy (non-hydrogen) atoms. The maximum atomic E-state index is 12.0. The number of carbonyl (C=O) groups is 1. The Morgan fingerprint density at radius 3 is 2.64 bits per heavy atom. The van der Waals surface area contributed by atoms with Gasteiger partial charge in [0.25, 0.3) is 5.91 Å². The van der Waals surface area contributed by atoms with E-state index in [1.54, 1.807) is 12.1 Å². The van der Waals surface area contributed by atoms with Crippen LogP contribution in [-0.4, -0.2) is 27.2 Å². The molecule has 6 nitrogen and oxygen atoms in total. The van der Waals surface area contributed by atoms with Gasteiger partial charge in [0.1, 0.15) is 0 Å². The summed E-state index contributed by atoms with van der Waals surface area (Å²) in [6.07, 6.45) is 3.11. The van der Waals surface area contributed by atoms with Gasteiger partial charge in [0, 0.05) is 29.3 Å². The molecule has 2 aromatic rings. The molecule has 2 aliphatic rings. The lowest BCUT2D eigenvalue weighted by molar-refractivity contribution is -0.0381. The number of anilines is 1. The van der Waals surface area contributed by atoms with E-state index in [1.807, 2.05) is 16.9 Å². The van der Waals surface area contributed by atoms with Crippen molar-refractivity contribution in [1.29, 1.82) is 0 Å². The summed E-state index contributed by atoms with van der Waals surface area (Å²) in [6.45, 7) is 2.86. The van der Waals surface area contributed by atoms with Crippen LogP contribution in [0, 0.1) is 12.8 Å². The first-order valence-corrected chi connectivity index (χ1v) is 11.3. The van der Waals surface area contributed by atoms with Crippen LogP contribution in [0.2, 0.25) is 0 Å². The van der Waals surface area contributed by atoms with Gasteiger partial charge in [0.15, 0.2) is 0 Å². The number of benzene rings is 2. The van der Waals surface area contributed by atoms with Gasteiger partial charge in [-0.2, -0.15) is 0 Å². The second-order valence-electron chi connectivity index (χ2n) is 7.64. The number of aryl methyl sites for hydroxylation is 1. The highest BCUT2D eigenvalue weighted by Gasteiger charge is 2.39. The highest BCUT2D eigenvalue weighted by Crippen LogP contribution is 2.49. The third kappa shape index (κ3) is 3.77. The van der Waals surface area contributed by atoms with Crippen molar-refractivity contribution in [3.05, 3.63) is 64.7 Å². The molecule has 0 radical (unpaired) electrons. The highest BCUT2D eigenvalue weighted by atomic mass is 32.2. The Bertz CT molecular complexity index is 1000. The lowest BCUT2D eigenvalue weighted by Crippen LogP contribution is -2.36. The molecule has 0 unspecified atom stereocenters. The Balaban J connectivity index is 1.63. The molecule has 0 bridgehead atoms. The van der Waals surface area contributed by atoms with Gasteiger partial charge in [-0.05, 0) is 43.5 Å². The molecule has 7 heteroatoms. The van der Waals surface area contributed by atoms with Crippen LogP contribution in [0.1, 0.15) is 52.0 Å². The molecule has 1 saturated heterocycles. The molecule has 2 N–H and O–H groups in total. The summed E-state index contributed by atoms with van der Waals surface area (Å²) in [5, 5.41) is 3.65. The van der Waals surface area contributed by atoms with E-state index in [1.165, 1.54) is 11.1 Å². The van der Waals surface area contributed by atoms with Crippen LogP contribution in [0.3, 0.4) is 0 Å². The quantitative estimate of drug-likeness (QED) is 0.826. The van der Waals surface area contributed by atoms with E-state index in [0.717, 1.165) is 37.0 Å². The predicted molar refractivity (Wildman–Crippen MR) is 108 cm³/mol. The topological polar surface area (TPSA) is 84.5 Å². The molecule has 2 aromatic carbocycles. The lowest BCUT2D eigenvalue weighted by Gasteiger charge is -2.43. The summed E-state index contributed by atoms with van der Waals surface area (Å²) in [7, 11) is -3.58. The average molecular weight is 401 g/mol. The smallest absolute Gasteiger partial charge is 0.264 e. The van der Waals surface area contributed by atoms with Crippen LogP contribution in [-0.2, 0) is 14.8 Å². The molecule has 0 aromatic heterocycles. The predicted octanol–water partition coefficient (Wildman–Crippen LogP) is 3.32. The summed E-state index contributed by atoms with van der Waals surface area (Å²) in [5.41, 5.74) is 4.89. The van der Waals surface area contributed by atoms with Gasteiger partial charge in [0.2, 0.25) is 10.0 Å². The molecule has 0 saturated carbocycles. The molecule has 0 aliphatic carbocycles. The minimum atomic E-state index is -3.58. The van der Waals surface area contributed by atoms with Crippen LogP contribution < -0.4 is 10.0 Å². The minimum absolute atomic E-state index is 0.0584. The van der Waals surface area contributed by atoms with Crippen LogP contribution >= 0.6 is 0 Å². The van der Waals surface area contributed by atoms with Crippen LogP contribution in [0.5, 0.6) is 0 Å². The van der Waals surface area contributed by atoms with E-state index in [9.17, 15) is 13.2 Å². The van der Waals surface area contributed by atoms with Gasteiger partial charge in [-0.1, -0.05) is 29.8 Å². The number of ether oxygens (including phenoxy) is 1. The van der Waals surface area contributed by atoms with Gasteiger partial charge >= 0.3 is 0 Å². The van der Waals surface area contributed by atoms with Crippen LogP contribution in [0.15, 0.2) is 42.5 Å². The number of amides is 1. The fraction of sp³-hybridized carbons (Fsp3) is 0.381. The summed E-state index contributed by atoms with van der Waals surface area (Å²) in [5.74, 6) is -0.316. The molecule has 3 atom stereocenters. The zero-order valence-electron chi connectivity index (χ0n) is 15.9. The first-order chi connectivity index (χ1) is 13.3. The van der Waals surface area contributed by atoms with Crippen molar-refractivity contribution in [3.63, 3.8) is 0 Å². The summed E-state index contributed by atoms with van der Waals surface area (Å²) >= 11 is 0. The number of nitrogens with one attached hydrogen (secondary N) is 2. The zero-order chi connectivity index (χ0) is 19.9. The van der Waals surface area contributed by atoms with E-state index < -0.39 is 15.9 Å². The highest BCUT2D eigenvalue weighted by molar-refractivity contribution is 7.89. The van der Waals surface area contributed by atoms with Crippen molar-refractivity contribution in [2.24, 2.45) is 5.92 Å². The Kier molecular flexibility index (Phi) is 4.89. The van der Waals surface area contributed by atoms with Gasteiger partial charge in [-0.25, -0.2) is 13.1 Å². The summed E-state index contributed by atoms with van der Waals surface area (Å²) in [4.78, 5) is 12.0. The molecular weight excluding hydrogens is 376 g/mol. The average Bonchev–Trinajstić information content (AvgIpc) is 2.66. The van der Waals surface area contributed by atoms with Gasteiger partial charge in [-0.15, -0.1) is 0 Å². The van der Waals surface area contributed by atoms with Crippen LogP contribution in [0.25, 0.3) is 0 Å². The van der Waals surface area contributed by atoms with Gasteiger partial charge in [-0.3, -0.25) is 4.79 Å². The van der Waals surface area contributed by atoms with E-state index in [2.05, 4.69) is 30.4 Å². The van der Waals surface area contributed by atoms with E-state index in [0.29, 0.717) is 11.5 Å². The third-order valence-electron chi connectivity index (χ3n) is 5.43. The number of fused-ring (bicyclic) bond motifs is 3. The Hall–Kier alpha value is -2.38. The molecule has 1 amide bonds. The second kappa shape index (κ2) is 7.22. The summed E-state index contributed by atoms with van der Waals surface area (Å²) < 4.78 is 30.7. The first kappa shape index (κ1) is 19.0. The van der Waals surface area contributed by atoms with Gasteiger partial charge < -0.3 is 10.1 Å². The molecule has 2 heterocycles. The molecule has 2 aliphatic heterocycles. The largest absolute Gasteiger partial charge is 0.378 e. The number of hydrogen-bond donors (Lipinski definition) is 2. The van der Waals surface area contributed by atoms with Crippen molar-refractivity contribution < 1.29 is 17.9 Å². The molecule has 148 valence electrons. The molecule has 4 rings (SSSR count). The third-order valence-corrected chi connectivity index (χ3v) is 5.99. The fourth-order valence-corrected chi connectivity index (χ4v) is 4.64. The van der Waals surface area contributed by atoms with Crippen molar-refractivity contribution in [1.82, 2.24) is 4.72 Å². The Morgan fingerprint density at radius 1 is 1.18 bits per heavy atom. The van der Waals surface area contributed by atoms with Crippen LogP contribution in [0.4, 0.5) is 5.69 Å². The number of rotatable bonds is 3. The monoisotopic (exact) mass is 400 g/mol. The number of sulfonamides is 1. The van der Waals surface area contributed by atoms with Crippen molar-refractivity contribution >= 4 is 21.6 Å². The Labute approximate surface area is 165 Å². The Morgan fingerprint density at radius 2 is 1.93 bits per heavy atom. The minimum Gasteiger partial charge on any atom is -0.378 e. The van der Waals surface area contributed by atoms with E-state index >= 15 is 0 Å². The standard InChI is InChI=1S/C21H24N2O4S/c1-13-5-10-18-17(12-13)20-16(4-3-11-27-20)19(22-18)14-6-8-15(9-7-14)21(24)23-28(2,25)26/h5-10,12,16,19-20,22H,3-4,11H2,1-2H3,(H,23,24)/t16-,19+,20-/m1/s1. The number of carbonyl (C=O) groups excluding carboxylic acids is 1. The maximum absolute atomic E-state index is 12.0. The SMILES string of the molecule is Cc1ccc2c(c1)[C@@H]1OCCC[C@@H]1[C@H](c1ccc(C(=O)NS(C)(=O)=O)cc1)N2. The van der Waals surface area contributed by atoms with Gasteiger partial charge in [0.05, 0.1) is 18.4 Å². The van der Waals surface area contributed by atoms with E-state index in [4.69, 9.17) is 4.74 Å². The number of hydrogen-bond acceptors (Lipinski definition) is 5. The lowest BCUT2D eigenvalue weighted by atomic mass is 9.77. The first-order valence-electron chi connectivity index (χ1n) is 9.42. The van der Waals surface area contributed by atoms with Crippen molar-refractivity contribution in [2.45, 2.75) is 31.9 Å². The summed E-state index contributed by atoms with van der Waals surface area (Å²) in [6, 6.07) is 13.6. The van der Waals surface area contributed by atoms with Crippen molar-refractivity contribution in [3.8, 4) is 0 Å².